The molecule has 0 aromatic rings. The first-order chi connectivity index (χ1) is 20.5. The van der Waals surface area contributed by atoms with Gasteiger partial charge in [-0.1, -0.05) is 104 Å². The molecule has 4 aliphatic heterocycles. The van der Waals surface area contributed by atoms with E-state index in [2.05, 4.69) is 13.8 Å². The fourth-order valence-corrected chi connectivity index (χ4v) is 9.53. The zero-order valence-corrected chi connectivity index (χ0v) is 28.5. The molecule has 1 spiro atoms. The van der Waals surface area contributed by atoms with Gasteiger partial charge >= 0.3 is 5.97 Å². The normalized spacial score (nSPS) is 37.1. The van der Waals surface area contributed by atoms with Gasteiger partial charge in [-0.3, -0.25) is 4.79 Å². The molecule has 1 saturated carbocycles. The number of fused-ring (bicyclic) bond motifs is 2. The van der Waals surface area contributed by atoms with Crippen LogP contribution in [-0.4, -0.2) is 49.4 Å². The molecular weight excluding hydrogens is 568 g/mol. The van der Waals surface area contributed by atoms with Crippen LogP contribution in [0.1, 0.15) is 156 Å². The first kappa shape index (κ1) is 35.1. The largest absolute Gasteiger partial charge is 0.434 e. The monoisotopic (exact) mass is 628 g/mol. The Labute approximate surface area is 261 Å². The van der Waals surface area contributed by atoms with Gasteiger partial charge in [0, 0.05) is 25.0 Å². The first-order valence-corrected chi connectivity index (χ1v) is 19.5. The van der Waals surface area contributed by atoms with Crippen LogP contribution in [0.5, 0.6) is 0 Å². The van der Waals surface area contributed by atoms with Gasteiger partial charge in [-0.15, -0.1) is 0 Å². The van der Waals surface area contributed by atoms with E-state index in [1.165, 1.54) is 83.3 Å². The van der Waals surface area contributed by atoms with Gasteiger partial charge in [0.2, 0.25) is 12.1 Å². The number of esters is 1. The van der Waals surface area contributed by atoms with E-state index in [1.807, 2.05) is 6.92 Å². The Morgan fingerprint density at radius 3 is 1.93 bits per heavy atom. The second-order valence-electron chi connectivity index (χ2n) is 14.5. The molecule has 43 heavy (non-hydrogen) atoms. The van der Waals surface area contributed by atoms with E-state index in [-0.39, 0.29) is 12.3 Å². The van der Waals surface area contributed by atoms with E-state index in [0.29, 0.717) is 18.8 Å². The molecule has 0 amide bonds. The Hall–Kier alpha value is -0.740. The number of hydrogen-bond acceptors (Lipinski definition) is 8. The van der Waals surface area contributed by atoms with Crippen molar-refractivity contribution < 1.29 is 37.2 Å². The third-order valence-electron chi connectivity index (χ3n) is 11.1. The summed E-state index contributed by atoms with van der Waals surface area (Å²) in [7, 11) is -3.74. The van der Waals surface area contributed by atoms with E-state index in [4.69, 9.17) is 24.0 Å². The van der Waals surface area contributed by atoms with Gasteiger partial charge in [0.25, 0.3) is 0 Å². The molecule has 0 radical (unpaired) electrons. The smallest absolute Gasteiger partial charge is 0.308 e. The molecular formula is C34H60O8S. The Kier molecular flexibility index (Phi) is 12.4. The Bertz CT molecular complexity index is 1000. The summed E-state index contributed by atoms with van der Waals surface area (Å²) in [5.74, 6) is -1.60. The van der Waals surface area contributed by atoms with E-state index < -0.39 is 50.4 Å². The second-order valence-corrected chi connectivity index (χ2v) is 16.9. The van der Waals surface area contributed by atoms with Crippen molar-refractivity contribution in [1.29, 1.82) is 0 Å². The van der Waals surface area contributed by atoms with Crippen LogP contribution in [-0.2, 0) is 38.6 Å². The number of carbonyl (C=O) groups is 1. The SMILES string of the molecule is CCCCCCCCCCCCCCCCCC(=O)O[C@@H]1O[C@@H]2O[C@]3(C)CC[C@H]4[C@H](C)CC[C@H]([C@@]24OO3)[C@@]1(C)S(C)(=O)=O. The van der Waals surface area contributed by atoms with Crippen LogP contribution in [0.15, 0.2) is 0 Å². The summed E-state index contributed by atoms with van der Waals surface area (Å²) in [5.41, 5.74) is -1.07. The van der Waals surface area contributed by atoms with Crippen LogP contribution in [0.2, 0.25) is 0 Å². The average molecular weight is 629 g/mol. The van der Waals surface area contributed by atoms with Crippen molar-refractivity contribution in [1.82, 2.24) is 0 Å². The minimum absolute atomic E-state index is 0.0126. The number of hydrogen-bond donors (Lipinski definition) is 0. The Morgan fingerprint density at radius 1 is 0.814 bits per heavy atom. The molecule has 4 saturated heterocycles. The van der Waals surface area contributed by atoms with Crippen LogP contribution in [0.4, 0.5) is 0 Å². The lowest BCUT2D eigenvalue weighted by Gasteiger charge is -2.62. The topological polar surface area (TPSA) is 97.4 Å². The van der Waals surface area contributed by atoms with Crippen molar-refractivity contribution in [2.24, 2.45) is 17.8 Å². The van der Waals surface area contributed by atoms with Crippen LogP contribution in [0.25, 0.3) is 0 Å². The zero-order chi connectivity index (χ0) is 31.1. The lowest BCUT2D eigenvalue weighted by Crippen LogP contribution is -2.77. The fourth-order valence-electron chi connectivity index (χ4n) is 8.26. The maximum atomic E-state index is 13.5. The molecule has 1 aliphatic carbocycles. The van der Waals surface area contributed by atoms with Gasteiger partial charge < -0.3 is 14.2 Å². The molecule has 0 aromatic heterocycles. The van der Waals surface area contributed by atoms with Gasteiger partial charge in [-0.25, -0.2) is 18.2 Å². The highest BCUT2D eigenvalue weighted by Crippen LogP contribution is 2.63. The summed E-state index contributed by atoms with van der Waals surface area (Å²) in [6.45, 7) is 7.92. The Balaban J connectivity index is 1.22. The van der Waals surface area contributed by atoms with Crippen molar-refractivity contribution in [3.05, 3.63) is 0 Å². The molecule has 4 heterocycles. The predicted octanol–water partition coefficient (Wildman–Crippen LogP) is 8.17. The number of sulfone groups is 1. The third kappa shape index (κ3) is 7.81. The van der Waals surface area contributed by atoms with E-state index in [9.17, 15) is 13.2 Å². The summed E-state index contributed by atoms with van der Waals surface area (Å²) in [4.78, 5) is 25.0. The summed E-state index contributed by atoms with van der Waals surface area (Å²) < 4.78 is 44.0. The fraction of sp³-hybridized carbons (Fsp3) is 0.971. The summed E-state index contributed by atoms with van der Waals surface area (Å²) in [5, 5.41) is 0. The van der Waals surface area contributed by atoms with E-state index >= 15 is 0 Å². The molecule has 0 N–H and O–H groups in total. The standard InChI is InChI=1S/C34H60O8S/c1-6-7-8-9-10-11-12-13-14-15-16-17-18-19-20-21-29(35)38-30-33(4,43(5,36)37)28-23-22-26(2)27-24-25-32(3)40-31(39-30)34(27,28)42-41-32/h26-28,30-31H,6-25H2,1-5H3/t26-,27+,28+,30-,31-,32+,33-,34-/m1/s1. The van der Waals surface area contributed by atoms with Crippen molar-refractivity contribution in [2.75, 3.05) is 6.26 Å². The molecule has 0 unspecified atom stereocenters. The lowest BCUT2D eigenvalue weighted by molar-refractivity contribution is -0.574. The number of ether oxygens (including phenoxy) is 3. The third-order valence-corrected chi connectivity index (χ3v) is 13.2. The van der Waals surface area contributed by atoms with Gasteiger partial charge in [0.05, 0.1) is 0 Å². The van der Waals surface area contributed by atoms with E-state index in [0.717, 1.165) is 32.1 Å². The van der Waals surface area contributed by atoms with Crippen molar-refractivity contribution in [3.63, 3.8) is 0 Å². The zero-order valence-electron chi connectivity index (χ0n) is 27.7. The molecule has 5 aliphatic rings. The summed E-state index contributed by atoms with van der Waals surface area (Å²) >= 11 is 0. The Morgan fingerprint density at radius 2 is 1.37 bits per heavy atom. The van der Waals surface area contributed by atoms with Gasteiger partial charge in [0.15, 0.2) is 21.7 Å². The maximum Gasteiger partial charge on any atom is 0.308 e. The molecule has 0 aromatic carbocycles. The molecule has 5 fully saturated rings. The maximum absolute atomic E-state index is 13.5. The predicted molar refractivity (Wildman–Crippen MR) is 167 cm³/mol. The minimum Gasteiger partial charge on any atom is -0.434 e. The molecule has 5 rings (SSSR count). The summed E-state index contributed by atoms with van der Waals surface area (Å²) in [6.07, 6.45) is 21.0. The lowest BCUT2D eigenvalue weighted by atomic mass is 9.58. The van der Waals surface area contributed by atoms with Crippen molar-refractivity contribution in [2.45, 2.75) is 185 Å². The minimum atomic E-state index is -3.74. The molecule has 8 nitrogen and oxygen atoms in total. The molecule has 250 valence electrons. The van der Waals surface area contributed by atoms with Crippen LogP contribution in [0, 0.1) is 17.8 Å². The number of carbonyl (C=O) groups excluding carboxylic acids is 1. The highest BCUT2D eigenvalue weighted by atomic mass is 32.2. The molecule has 2 bridgehead atoms. The quantitative estimate of drug-likeness (QED) is 0.0852. The number of unbranched alkanes of at least 4 members (excludes halogenated alkanes) is 14. The van der Waals surface area contributed by atoms with Gasteiger partial charge in [-0.2, -0.15) is 0 Å². The molecule has 8 atom stereocenters. The first-order valence-electron chi connectivity index (χ1n) is 17.6. The highest BCUT2D eigenvalue weighted by molar-refractivity contribution is 7.92. The second kappa shape index (κ2) is 15.2. The van der Waals surface area contributed by atoms with Crippen LogP contribution >= 0.6 is 0 Å². The average Bonchev–Trinajstić information content (AvgIpc) is 3.18. The van der Waals surface area contributed by atoms with E-state index in [1.54, 1.807) is 6.92 Å². The highest BCUT2D eigenvalue weighted by Gasteiger charge is 2.75. The van der Waals surface area contributed by atoms with Gasteiger partial charge in [-0.05, 0) is 51.4 Å². The van der Waals surface area contributed by atoms with Crippen molar-refractivity contribution >= 4 is 15.8 Å². The summed E-state index contributed by atoms with van der Waals surface area (Å²) in [6, 6.07) is 0. The van der Waals surface area contributed by atoms with Crippen LogP contribution in [0.3, 0.4) is 0 Å². The molecule has 9 heteroatoms. The van der Waals surface area contributed by atoms with Crippen LogP contribution < -0.4 is 0 Å². The van der Waals surface area contributed by atoms with Crippen molar-refractivity contribution in [3.8, 4) is 0 Å². The van der Waals surface area contributed by atoms with Gasteiger partial charge in [0.1, 0.15) is 4.75 Å². The number of rotatable bonds is 18.